The molecule has 0 heterocycles. The molecular weight excluding hydrogens is 517 g/mol. The zero-order valence-corrected chi connectivity index (χ0v) is 10.6. The van der Waals surface area contributed by atoms with Crippen molar-refractivity contribution in [3.63, 3.8) is 0 Å². The maximum absolute atomic E-state index is 3.19. The fourth-order valence-electron chi connectivity index (χ4n) is 0. The molecule has 0 aliphatic rings. The number of hydrogen-bond donors (Lipinski definition) is 0. The van der Waals surface area contributed by atoms with Gasteiger partial charge in [0.05, 0.1) is 0 Å². The van der Waals surface area contributed by atoms with Crippen LogP contribution in [0.1, 0.15) is 0 Å². The Labute approximate surface area is 106 Å². The second kappa shape index (κ2) is 37.8. The third-order valence-electron chi connectivity index (χ3n) is 0. The van der Waals surface area contributed by atoms with Crippen molar-refractivity contribution in [3.05, 3.63) is 0 Å². The quantitative estimate of drug-likeness (QED) is 0.353. The molecule has 49 valence electrons. The van der Waals surface area contributed by atoms with Crippen molar-refractivity contribution in [1.82, 2.24) is 0 Å². The zero-order chi connectivity index (χ0) is 2.00. The van der Waals surface area contributed by atoms with Gasteiger partial charge in [-0.25, -0.2) is 0 Å². The molecule has 0 bridgehead atoms. The van der Waals surface area contributed by atoms with Gasteiger partial charge in [-0.05, 0) is 0 Å². The van der Waals surface area contributed by atoms with E-state index >= 15 is 0 Å². The number of hydrogen-bond acceptors (Lipinski definition) is 0. The topological polar surface area (TPSA) is 0 Å². The average Bonchev–Trinajstić information content (AvgIpc) is 1.00. The third-order valence-corrected chi connectivity index (χ3v) is 0. The standard InChI is InChI=1S/Ag.Al.Au.Cu.Fe.Zn.3H. The molecule has 0 rings (SSSR count). The first-order valence-electron chi connectivity index (χ1n) is 0.107. The Morgan fingerprint density at radius 1 is 1.17 bits per heavy atom. The van der Waals surface area contributed by atoms with E-state index in [1.54, 1.807) is 0 Å². The van der Waals surface area contributed by atoms with Crippen molar-refractivity contribution in [3.8, 4) is 0 Å². The van der Waals surface area contributed by atoms with Crippen molar-refractivity contribution in [2.75, 3.05) is 0 Å². The largest absolute Gasteiger partial charge is 0 e. The first kappa shape index (κ1) is 33.3. The van der Waals surface area contributed by atoms with Crippen molar-refractivity contribution in [2.24, 2.45) is 0 Å². The van der Waals surface area contributed by atoms with Gasteiger partial charge in [0.25, 0.3) is 0 Å². The molecule has 0 fully saturated rings. The van der Waals surface area contributed by atoms with Gasteiger partial charge in [-0.3, -0.25) is 0 Å². The van der Waals surface area contributed by atoms with E-state index in [1.165, 1.54) is 0 Å². The minimum absolute atomic E-state index is 0. The normalized spacial score (nSPS) is 1.17. The summed E-state index contributed by atoms with van der Waals surface area (Å²) in [4.78, 5) is 0. The van der Waals surface area contributed by atoms with Gasteiger partial charge in [-0.2, -0.15) is 0 Å². The minimum atomic E-state index is 0. The molecule has 6 heteroatoms. The van der Waals surface area contributed by atoms with Gasteiger partial charge in [0.15, 0.2) is 17.4 Å². The molecule has 2 radical (unpaired) electrons. The molecule has 0 aromatic carbocycles. The Morgan fingerprint density at radius 3 is 1.17 bits per heavy atom. The van der Waals surface area contributed by atoms with E-state index in [0.29, 0.717) is 0 Å². The second-order valence-electron chi connectivity index (χ2n) is 0. The van der Waals surface area contributed by atoms with Gasteiger partial charge < -0.3 is 0 Å². The maximum atomic E-state index is 3.19. The van der Waals surface area contributed by atoms with Crippen molar-refractivity contribution >= 4 is 17.4 Å². The monoisotopic (exact) mass is 517 g/mol. The summed E-state index contributed by atoms with van der Waals surface area (Å²) in [5, 5.41) is 0. The van der Waals surface area contributed by atoms with E-state index in [-0.39, 0.29) is 76.3 Å². The molecule has 0 nitrogen and oxygen atoms in total. The Hall–Kier alpha value is 3.68. The summed E-state index contributed by atoms with van der Waals surface area (Å²) in [5.74, 6) is 0. The minimum Gasteiger partial charge on any atom is 0 e. The van der Waals surface area contributed by atoms with Crippen molar-refractivity contribution < 1.29 is 90.9 Å². The van der Waals surface area contributed by atoms with Crippen LogP contribution in [0.15, 0.2) is 0 Å². The molecule has 0 saturated carbocycles. The van der Waals surface area contributed by atoms with Crippen LogP contribution in [0.2, 0.25) is 0 Å². The van der Waals surface area contributed by atoms with Crippen LogP contribution >= 0.6 is 0 Å². The SMILES string of the molecule is [Ag].[AlH3].[Cu].[Fe][Au].[Zn]. The second-order valence-corrected chi connectivity index (χ2v) is 0. The first-order valence-corrected chi connectivity index (χ1v) is 3.60. The fourth-order valence-corrected chi connectivity index (χ4v) is 0. The number of rotatable bonds is 0. The van der Waals surface area contributed by atoms with Gasteiger partial charge in [-0.1, -0.05) is 0 Å². The summed E-state index contributed by atoms with van der Waals surface area (Å²) in [7, 11) is 0. The summed E-state index contributed by atoms with van der Waals surface area (Å²) < 4.78 is 0. The average molecular weight is 520 g/mol. The van der Waals surface area contributed by atoms with E-state index in [2.05, 4.69) is 13.1 Å². The van der Waals surface area contributed by atoms with E-state index in [9.17, 15) is 0 Å². The summed E-state index contributed by atoms with van der Waals surface area (Å²) in [5.41, 5.74) is 0. The third kappa shape index (κ3) is 25.3. The molecule has 0 aliphatic heterocycles. The van der Waals surface area contributed by atoms with Crippen LogP contribution in [-0.4, -0.2) is 17.4 Å². The van der Waals surface area contributed by atoms with Crippen molar-refractivity contribution in [2.45, 2.75) is 0 Å². The molecule has 0 saturated heterocycles. The molecule has 0 aliphatic carbocycles. The van der Waals surface area contributed by atoms with Gasteiger partial charge in [0.2, 0.25) is 0 Å². The van der Waals surface area contributed by atoms with Crippen molar-refractivity contribution in [1.29, 1.82) is 0 Å². The Morgan fingerprint density at radius 2 is 1.17 bits per heavy atom. The Bertz CT molecular complexity index is 15.5. The maximum Gasteiger partial charge on any atom is 0 e. The van der Waals surface area contributed by atoms with Crippen LogP contribution in [0.5, 0.6) is 0 Å². The molecule has 0 amide bonds. The molecule has 0 aromatic rings. The summed E-state index contributed by atoms with van der Waals surface area (Å²) in [6.45, 7) is 0. The van der Waals surface area contributed by atoms with Crippen LogP contribution in [0.4, 0.5) is 0 Å². The molecule has 0 aromatic heterocycles. The van der Waals surface area contributed by atoms with Gasteiger partial charge >= 0.3 is 32.0 Å². The molecular formula is H3AgAlAuCuFeZn. The fraction of sp³-hybridized carbons (Fsp3) is 0. The van der Waals surface area contributed by atoms with E-state index < -0.39 is 0 Å². The summed E-state index contributed by atoms with van der Waals surface area (Å²) in [6.07, 6.45) is 0. The van der Waals surface area contributed by atoms with Gasteiger partial charge in [0, 0.05) is 58.9 Å². The van der Waals surface area contributed by atoms with Gasteiger partial charge in [0.1, 0.15) is 0 Å². The predicted octanol–water partition coefficient (Wildman–Crippen LogP) is -1.20. The van der Waals surface area contributed by atoms with E-state index in [4.69, 9.17) is 0 Å². The van der Waals surface area contributed by atoms with E-state index in [1.807, 2.05) is 18.9 Å². The first-order chi connectivity index (χ1) is 1.00. The van der Waals surface area contributed by atoms with E-state index in [0.717, 1.165) is 0 Å². The smallest absolute Gasteiger partial charge is 0 e. The van der Waals surface area contributed by atoms with Crippen LogP contribution in [0.3, 0.4) is 0 Å². The Kier molecular flexibility index (Phi) is 210. The predicted molar refractivity (Wildman–Crippen MR) is 9.94 cm³/mol. The molecule has 0 unspecified atom stereocenters. The summed E-state index contributed by atoms with van der Waals surface area (Å²) >= 11 is 5.22. The van der Waals surface area contributed by atoms with Gasteiger partial charge in [-0.15, -0.1) is 0 Å². The molecule has 6 heavy (non-hydrogen) atoms. The van der Waals surface area contributed by atoms with Crippen LogP contribution in [0.25, 0.3) is 0 Å². The zero-order valence-electron chi connectivity index (χ0n) is 1.97. The molecule has 0 atom stereocenters. The van der Waals surface area contributed by atoms with Crippen LogP contribution in [0, 0.1) is 0 Å². The Balaban J connectivity index is -0.000000000833. The molecule has 0 spiro atoms. The molecule has 0 N–H and O–H groups in total. The summed E-state index contributed by atoms with van der Waals surface area (Å²) in [6, 6.07) is 0. The van der Waals surface area contributed by atoms with Crippen LogP contribution < -0.4 is 0 Å². The van der Waals surface area contributed by atoms with Crippen LogP contribution in [-0.2, 0) is 90.9 Å².